The Morgan fingerprint density at radius 3 is 2.30 bits per heavy atom. The molecule has 0 N–H and O–H groups in total. The lowest BCUT2D eigenvalue weighted by molar-refractivity contribution is -0.137. The number of hydrogen-bond acceptors (Lipinski definition) is 4. The Bertz CT molecular complexity index is 1180. The van der Waals surface area contributed by atoms with Gasteiger partial charge in [-0.1, -0.05) is 18.2 Å². The van der Waals surface area contributed by atoms with E-state index < -0.39 is 17.6 Å². The third-order valence-corrected chi connectivity index (χ3v) is 6.95. The Kier molecular flexibility index (Phi) is 8.60. The summed E-state index contributed by atoms with van der Waals surface area (Å²) >= 11 is 1.49. The van der Waals surface area contributed by atoms with Crippen LogP contribution >= 0.6 is 11.3 Å². The molecule has 0 saturated carbocycles. The Morgan fingerprint density at radius 2 is 1.70 bits per heavy atom. The number of amides is 2. The highest BCUT2D eigenvalue weighted by Crippen LogP contribution is 2.29. The average molecular weight is 535 g/mol. The van der Waals surface area contributed by atoms with Gasteiger partial charge in [0.2, 0.25) is 5.91 Å². The lowest BCUT2D eigenvalue weighted by Gasteiger charge is -2.29. The molecule has 1 aliphatic rings. The van der Waals surface area contributed by atoms with Crippen molar-refractivity contribution in [2.75, 3.05) is 19.7 Å². The second kappa shape index (κ2) is 11.9. The van der Waals surface area contributed by atoms with Crippen molar-refractivity contribution in [3.8, 4) is 0 Å². The highest BCUT2D eigenvalue weighted by molar-refractivity contribution is 7.09. The van der Waals surface area contributed by atoms with E-state index in [0.29, 0.717) is 13.2 Å². The van der Waals surface area contributed by atoms with Gasteiger partial charge in [0.15, 0.2) is 0 Å². The molecule has 0 unspecified atom stereocenters. The van der Waals surface area contributed by atoms with Crippen LogP contribution in [0.1, 0.15) is 39.2 Å². The first kappa shape index (κ1) is 26.8. The molecular formula is C27H26F4N2O3S. The third-order valence-electron chi connectivity index (χ3n) is 6.09. The first-order valence-electron chi connectivity index (χ1n) is 11.8. The largest absolute Gasteiger partial charge is 0.416 e. The summed E-state index contributed by atoms with van der Waals surface area (Å²) in [7, 11) is 0. The minimum absolute atomic E-state index is 0.0575. The van der Waals surface area contributed by atoms with Crippen LogP contribution in [0.3, 0.4) is 0 Å². The molecule has 5 nitrogen and oxygen atoms in total. The molecule has 196 valence electrons. The monoisotopic (exact) mass is 534 g/mol. The van der Waals surface area contributed by atoms with Gasteiger partial charge < -0.3 is 14.5 Å². The van der Waals surface area contributed by atoms with Crippen molar-refractivity contribution in [3.05, 3.63) is 93.4 Å². The molecule has 1 aromatic heterocycles. The first-order valence-corrected chi connectivity index (χ1v) is 12.7. The summed E-state index contributed by atoms with van der Waals surface area (Å²) in [4.78, 5) is 30.7. The maximum atomic E-state index is 13.5. The normalized spacial score (nSPS) is 15.5. The Hall–Kier alpha value is -3.24. The molecule has 0 spiro atoms. The van der Waals surface area contributed by atoms with Crippen molar-refractivity contribution in [1.82, 2.24) is 9.80 Å². The Balaban J connectivity index is 1.55. The van der Waals surface area contributed by atoms with Crippen LogP contribution in [0.15, 0.2) is 66.0 Å². The summed E-state index contributed by atoms with van der Waals surface area (Å²) in [6.07, 6.45) is -3.22. The quantitative estimate of drug-likeness (QED) is 0.328. The SMILES string of the molecule is O=C(CN(C[C@@H]1CCCO1)C(=O)c1ccc(C(F)(F)F)cc1)N(Cc1ccc(F)cc1)Cc1cccs1. The molecule has 1 saturated heterocycles. The topological polar surface area (TPSA) is 49.9 Å². The van der Waals surface area contributed by atoms with Crippen LogP contribution in [0, 0.1) is 5.82 Å². The number of alkyl halides is 3. The predicted octanol–water partition coefficient (Wildman–Crippen LogP) is 5.76. The number of nitrogens with zero attached hydrogens (tertiary/aromatic N) is 2. The number of thiophene rings is 1. The number of benzene rings is 2. The maximum Gasteiger partial charge on any atom is 0.416 e. The van der Waals surface area contributed by atoms with Gasteiger partial charge in [0, 0.05) is 30.1 Å². The third kappa shape index (κ3) is 7.39. The highest BCUT2D eigenvalue weighted by atomic mass is 32.1. The van der Waals surface area contributed by atoms with Crippen molar-refractivity contribution in [1.29, 1.82) is 0 Å². The molecule has 2 heterocycles. The molecule has 1 fully saturated rings. The summed E-state index contributed by atoms with van der Waals surface area (Å²) in [5.41, 5.74) is -0.0691. The number of carbonyl (C=O) groups excluding carboxylic acids is 2. The van der Waals surface area contributed by atoms with Gasteiger partial charge in [-0.2, -0.15) is 13.2 Å². The standard InChI is InChI=1S/C27H26F4N2O3S/c28-22-11-5-19(6-12-22)15-32(17-24-4-2-14-37-24)25(34)18-33(16-23-3-1-13-36-23)26(35)20-7-9-21(10-8-20)27(29,30)31/h2,4-12,14,23H,1,3,13,15-18H2/t23-/m0/s1. The second-order valence-corrected chi connectivity index (χ2v) is 9.88. The van der Waals surface area contributed by atoms with E-state index in [1.54, 1.807) is 17.0 Å². The number of ether oxygens (including phenoxy) is 1. The van der Waals surface area contributed by atoms with E-state index in [0.717, 1.165) is 47.5 Å². The summed E-state index contributed by atoms with van der Waals surface area (Å²) in [5, 5.41) is 1.90. The summed E-state index contributed by atoms with van der Waals surface area (Å²) < 4.78 is 58.0. The predicted molar refractivity (Wildman–Crippen MR) is 131 cm³/mol. The highest BCUT2D eigenvalue weighted by Gasteiger charge is 2.31. The summed E-state index contributed by atoms with van der Waals surface area (Å²) in [5.74, 6) is -1.27. The van der Waals surface area contributed by atoms with Gasteiger partial charge in [-0.15, -0.1) is 11.3 Å². The van der Waals surface area contributed by atoms with Crippen LogP contribution in [0.4, 0.5) is 17.6 Å². The van der Waals surface area contributed by atoms with Crippen molar-refractivity contribution in [3.63, 3.8) is 0 Å². The molecule has 3 aromatic rings. The van der Waals surface area contributed by atoms with E-state index in [1.807, 2.05) is 17.5 Å². The van der Waals surface area contributed by atoms with Gasteiger partial charge in [0.25, 0.3) is 5.91 Å². The van der Waals surface area contributed by atoms with Crippen molar-refractivity contribution in [2.45, 2.75) is 38.2 Å². The molecular weight excluding hydrogens is 508 g/mol. The zero-order valence-electron chi connectivity index (χ0n) is 19.9. The molecule has 2 amide bonds. The number of carbonyl (C=O) groups is 2. The fraction of sp³-hybridized carbons (Fsp3) is 0.333. The lowest BCUT2D eigenvalue weighted by atomic mass is 10.1. The lowest BCUT2D eigenvalue weighted by Crippen LogP contribution is -2.45. The number of hydrogen-bond donors (Lipinski definition) is 0. The molecule has 10 heteroatoms. The van der Waals surface area contributed by atoms with Gasteiger partial charge in [0.05, 0.1) is 18.2 Å². The minimum atomic E-state index is -4.52. The molecule has 1 atom stereocenters. The van der Waals surface area contributed by atoms with Crippen molar-refractivity contribution in [2.24, 2.45) is 0 Å². The molecule has 4 rings (SSSR count). The molecule has 37 heavy (non-hydrogen) atoms. The molecule has 0 radical (unpaired) electrons. The van der Waals surface area contributed by atoms with Gasteiger partial charge in [-0.25, -0.2) is 4.39 Å². The van der Waals surface area contributed by atoms with Gasteiger partial charge in [-0.05, 0) is 66.2 Å². The zero-order chi connectivity index (χ0) is 26.4. The molecule has 0 aliphatic carbocycles. The maximum absolute atomic E-state index is 13.5. The van der Waals surface area contributed by atoms with Crippen molar-refractivity contribution < 1.29 is 31.9 Å². The fourth-order valence-corrected chi connectivity index (χ4v) is 4.85. The molecule has 0 bridgehead atoms. The van der Waals surface area contributed by atoms with Crippen LogP contribution in [-0.2, 0) is 28.8 Å². The average Bonchev–Trinajstić information content (AvgIpc) is 3.58. The van der Waals surface area contributed by atoms with E-state index >= 15 is 0 Å². The Morgan fingerprint density at radius 1 is 0.973 bits per heavy atom. The minimum Gasteiger partial charge on any atom is -0.376 e. The van der Waals surface area contributed by atoms with E-state index in [1.165, 1.54) is 28.4 Å². The van der Waals surface area contributed by atoms with Gasteiger partial charge in [-0.3, -0.25) is 9.59 Å². The number of rotatable bonds is 9. The zero-order valence-corrected chi connectivity index (χ0v) is 20.7. The van der Waals surface area contributed by atoms with Crippen LogP contribution in [0.5, 0.6) is 0 Å². The van der Waals surface area contributed by atoms with Gasteiger partial charge in [0.1, 0.15) is 12.4 Å². The first-order chi connectivity index (χ1) is 17.7. The number of halogens is 4. The van der Waals surface area contributed by atoms with E-state index in [2.05, 4.69) is 0 Å². The van der Waals surface area contributed by atoms with Crippen LogP contribution in [0.2, 0.25) is 0 Å². The molecule has 2 aromatic carbocycles. The molecule has 1 aliphatic heterocycles. The van der Waals surface area contributed by atoms with E-state index in [9.17, 15) is 27.2 Å². The Labute approximate surface area is 216 Å². The van der Waals surface area contributed by atoms with Gasteiger partial charge >= 0.3 is 6.18 Å². The summed E-state index contributed by atoms with van der Waals surface area (Å²) in [6, 6.07) is 13.6. The van der Waals surface area contributed by atoms with Crippen LogP contribution in [-0.4, -0.2) is 47.4 Å². The second-order valence-electron chi connectivity index (χ2n) is 8.85. The van der Waals surface area contributed by atoms with Crippen LogP contribution in [0.25, 0.3) is 0 Å². The van der Waals surface area contributed by atoms with Crippen molar-refractivity contribution >= 4 is 23.2 Å². The smallest absolute Gasteiger partial charge is 0.376 e. The van der Waals surface area contributed by atoms with E-state index in [-0.39, 0.29) is 43.0 Å². The summed E-state index contributed by atoms with van der Waals surface area (Å²) in [6.45, 7) is 0.937. The fourth-order valence-electron chi connectivity index (χ4n) is 4.13. The van der Waals surface area contributed by atoms with E-state index in [4.69, 9.17) is 4.74 Å². The van der Waals surface area contributed by atoms with Crippen LogP contribution < -0.4 is 0 Å².